The number of alkyl halides is 1. The van der Waals surface area contributed by atoms with Crippen molar-refractivity contribution in [3.8, 4) is 0 Å². The molecule has 1 aromatic rings. The molecule has 0 atom stereocenters. The third-order valence-corrected chi connectivity index (χ3v) is 6.41. The molecule has 5 nitrogen and oxygen atoms in total. The van der Waals surface area contributed by atoms with E-state index in [1.54, 1.807) is 11.4 Å². The number of rotatable bonds is 6. The monoisotopic (exact) mass is 369 g/mol. The average molecular weight is 371 g/mol. The van der Waals surface area contributed by atoms with Gasteiger partial charge in [-0.05, 0) is 19.3 Å². The van der Waals surface area contributed by atoms with Crippen LogP contribution >= 0.6 is 27.5 Å². The molecule has 0 aliphatic heterocycles. The zero-order valence-corrected chi connectivity index (χ0v) is 13.9. The normalized spacial score (nSPS) is 16.8. The number of sulfonamides is 1. The van der Waals surface area contributed by atoms with Gasteiger partial charge in [0.1, 0.15) is 0 Å². The Morgan fingerprint density at radius 1 is 1.58 bits per heavy atom. The summed E-state index contributed by atoms with van der Waals surface area (Å²) in [6.45, 7) is 0.514. The van der Waals surface area contributed by atoms with Gasteiger partial charge in [0.05, 0.1) is 11.2 Å². The summed E-state index contributed by atoms with van der Waals surface area (Å²) in [5.74, 6) is 0. The minimum Gasteiger partial charge on any atom is -0.255 e. The van der Waals surface area contributed by atoms with Crippen LogP contribution in [-0.2, 0) is 17.1 Å². The molecule has 0 bridgehead atoms. The Balaban J connectivity index is 2.33. The first-order valence-corrected chi connectivity index (χ1v) is 9.17. The van der Waals surface area contributed by atoms with Crippen molar-refractivity contribution in [1.82, 2.24) is 14.1 Å². The van der Waals surface area contributed by atoms with Gasteiger partial charge in [-0.15, -0.1) is 0 Å². The van der Waals surface area contributed by atoms with Crippen LogP contribution in [-0.4, -0.2) is 40.4 Å². The highest BCUT2D eigenvalue weighted by molar-refractivity contribution is 9.09. The standard InChI is InChI=1S/C11H17BrClN3O2S/c1-15-11(10(13)8-14-15)19(17,18)16(7-3-6-12)9-4-2-5-9/h8-9H,2-7H2,1H3. The largest absolute Gasteiger partial charge is 0.261 e. The molecule has 1 heterocycles. The highest BCUT2D eigenvalue weighted by Gasteiger charge is 2.37. The molecule has 8 heteroatoms. The lowest BCUT2D eigenvalue weighted by molar-refractivity contribution is 0.219. The predicted molar refractivity (Wildman–Crippen MR) is 78.2 cm³/mol. The van der Waals surface area contributed by atoms with Crippen LogP contribution in [0.4, 0.5) is 0 Å². The predicted octanol–water partition coefficient (Wildman–Crippen LogP) is 2.40. The molecule has 1 aliphatic rings. The van der Waals surface area contributed by atoms with Crippen LogP contribution in [0.25, 0.3) is 0 Å². The molecule has 1 aromatic heterocycles. The Morgan fingerprint density at radius 2 is 2.26 bits per heavy atom. The van der Waals surface area contributed by atoms with E-state index in [-0.39, 0.29) is 16.1 Å². The number of hydrogen-bond acceptors (Lipinski definition) is 3. The molecule has 0 aromatic carbocycles. The molecule has 0 N–H and O–H groups in total. The second-order valence-electron chi connectivity index (χ2n) is 4.66. The average Bonchev–Trinajstić information content (AvgIpc) is 2.61. The van der Waals surface area contributed by atoms with Crippen LogP contribution in [0.2, 0.25) is 5.02 Å². The summed E-state index contributed by atoms with van der Waals surface area (Å²) in [4.78, 5) is 0. The maximum Gasteiger partial charge on any atom is 0.261 e. The summed E-state index contributed by atoms with van der Waals surface area (Å²) in [5, 5.41) is 4.98. The first-order chi connectivity index (χ1) is 8.98. The van der Waals surface area contributed by atoms with Gasteiger partial charge in [-0.3, -0.25) is 4.68 Å². The number of aryl methyl sites for hydroxylation is 1. The van der Waals surface area contributed by atoms with E-state index in [4.69, 9.17) is 11.6 Å². The van der Waals surface area contributed by atoms with E-state index in [1.807, 2.05) is 0 Å². The lowest BCUT2D eigenvalue weighted by Gasteiger charge is -2.36. The van der Waals surface area contributed by atoms with Crippen molar-refractivity contribution in [2.75, 3.05) is 11.9 Å². The van der Waals surface area contributed by atoms with Gasteiger partial charge in [0.25, 0.3) is 10.0 Å². The van der Waals surface area contributed by atoms with Gasteiger partial charge in [0.2, 0.25) is 0 Å². The van der Waals surface area contributed by atoms with Crippen LogP contribution in [0.1, 0.15) is 25.7 Å². The van der Waals surface area contributed by atoms with Crippen LogP contribution in [0, 0.1) is 0 Å². The minimum absolute atomic E-state index is 0.0932. The SMILES string of the molecule is Cn1ncc(Cl)c1S(=O)(=O)N(CCCBr)C1CCC1. The van der Waals surface area contributed by atoms with E-state index >= 15 is 0 Å². The van der Waals surface area contributed by atoms with E-state index < -0.39 is 10.0 Å². The second-order valence-corrected chi connectivity index (χ2v) is 7.67. The minimum atomic E-state index is -3.57. The molecular weight excluding hydrogens is 354 g/mol. The lowest BCUT2D eigenvalue weighted by Crippen LogP contribution is -2.45. The van der Waals surface area contributed by atoms with Crippen LogP contribution < -0.4 is 0 Å². The first kappa shape index (κ1) is 15.3. The van der Waals surface area contributed by atoms with Gasteiger partial charge in [0.15, 0.2) is 5.03 Å². The maximum absolute atomic E-state index is 12.7. The maximum atomic E-state index is 12.7. The topological polar surface area (TPSA) is 55.2 Å². The Bertz CT molecular complexity index is 523. The van der Waals surface area contributed by atoms with Gasteiger partial charge in [-0.25, -0.2) is 8.42 Å². The Labute approximate surface area is 127 Å². The van der Waals surface area contributed by atoms with E-state index in [0.717, 1.165) is 31.0 Å². The molecule has 108 valence electrons. The van der Waals surface area contributed by atoms with E-state index in [0.29, 0.717) is 6.54 Å². The highest BCUT2D eigenvalue weighted by Crippen LogP contribution is 2.32. The molecule has 0 amide bonds. The van der Waals surface area contributed by atoms with Crippen LogP contribution in [0.5, 0.6) is 0 Å². The molecule has 0 spiro atoms. The fraction of sp³-hybridized carbons (Fsp3) is 0.727. The summed E-state index contributed by atoms with van der Waals surface area (Å²) in [6, 6.07) is 0.106. The summed E-state index contributed by atoms with van der Waals surface area (Å²) < 4.78 is 28.4. The molecule has 1 fully saturated rings. The summed E-state index contributed by atoms with van der Waals surface area (Å²) in [5.41, 5.74) is 0. The van der Waals surface area contributed by atoms with Crippen molar-refractivity contribution in [3.05, 3.63) is 11.2 Å². The van der Waals surface area contributed by atoms with Crippen molar-refractivity contribution in [2.24, 2.45) is 7.05 Å². The highest BCUT2D eigenvalue weighted by atomic mass is 79.9. The molecule has 0 radical (unpaired) electrons. The van der Waals surface area contributed by atoms with Crippen LogP contribution in [0.15, 0.2) is 11.2 Å². The van der Waals surface area contributed by atoms with Gasteiger partial charge in [-0.2, -0.15) is 9.40 Å². The van der Waals surface area contributed by atoms with Gasteiger partial charge in [-0.1, -0.05) is 34.0 Å². The molecule has 1 saturated carbocycles. The third kappa shape index (κ3) is 2.99. The third-order valence-electron chi connectivity index (χ3n) is 3.39. The van der Waals surface area contributed by atoms with Crippen molar-refractivity contribution < 1.29 is 8.42 Å². The van der Waals surface area contributed by atoms with Gasteiger partial charge >= 0.3 is 0 Å². The van der Waals surface area contributed by atoms with Gasteiger partial charge in [0, 0.05) is 25.0 Å². The van der Waals surface area contributed by atoms with E-state index in [1.165, 1.54) is 10.9 Å². The number of hydrogen-bond donors (Lipinski definition) is 0. The van der Waals surface area contributed by atoms with Crippen molar-refractivity contribution in [2.45, 2.75) is 36.8 Å². The van der Waals surface area contributed by atoms with Gasteiger partial charge < -0.3 is 0 Å². The molecule has 19 heavy (non-hydrogen) atoms. The molecule has 1 aliphatic carbocycles. The lowest BCUT2D eigenvalue weighted by atomic mass is 9.93. The first-order valence-electron chi connectivity index (χ1n) is 6.23. The fourth-order valence-corrected chi connectivity index (χ4v) is 4.77. The summed E-state index contributed by atoms with van der Waals surface area (Å²) >= 11 is 9.32. The molecule has 2 rings (SSSR count). The molecule has 0 unspecified atom stereocenters. The number of nitrogens with zero attached hydrogens (tertiary/aromatic N) is 3. The van der Waals surface area contributed by atoms with Crippen LogP contribution in [0.3, 0.4) is 0 Å². The molecular formula is C11H17BrClN3O2S. The molecule has 0 saturated heterocycles. The van der Waals surface area contributed by atoms with Crippen molar-refractivity contribution >= 4 is 37.6 Å². The summed E-state index contributed by atoms with van der Waals surface area (Å²) in [7, 11) is -1.97. The Morgan fingerprint density at radius 3 is 2.68 bits per heavy atom. The zero-order chi connectivity index (χ0) is 14.0. The van der Waals surface area contributed by atoms with E-state index in [2.05, 4.69) is 21.0 Å². The second kappa shape index (κ2) is 6.11. The Hall–Kier alpha value is -0.110. The van der Waals surface area contributed by atoms with Crippen molar-refractivity contribution in [3.63, 3.8) is 0 Å². The van der Waals surface area contributed by atoms with E-state index in [9.17, 15) is 8.42 Å². The smallest absolute Gasteiger partial charge is 0.255 e. The quantitative estimate of drug-likeness (QED) is 0.723. The zero-order valence-electron chi connectivity index (χ0n) is 10.7. The fourth-order valence-electron chi connectivity index (χ4n) is 2.19. The Kier molecular flexibility index (Phi) is 4.92. The number of aromatic nitrogens is 2. The number of halogens is 2. The summed E-state index contributed by atoms with van der Waals surface area (Å²) in [6.07, 6.45) is 5.10. The van der Waals surface area contributed by atoms with Crippen molar-refractivity contribution in [1.29, 1.82) is 0 Å².